The van der Waals surface area contributed by atoms with Crippen LogP contribution in [0.5, 0.6) is 23.0 Å². The Morgan fingerprint density at radius 1 is 0.700 bits per heavy atom. The van der Waals surface area contributed by atoms with Crippen molar-refractivity contribution in [2.24, 2.45) is 0 Å². The van der Waals surface area contributed by atoms with Gasteiger partial charge in [-0.05, 0) is 31.9 Å². The highest BCUT2D eigenvalue weighted by molar-refractivity contribution is 9.11. The molecule has 3 rings (SSSR count). The minimum Gasteiger partial charge on any atom is -0.448 e. The number of fused-ring (bicyclic) bond motifs is 2. The number of hydrogen-bond donors (Lipinski definition) is 0. The van der Waals surface area contributed by atoms with Gasteiger partial charge in [0, 0.05) is 12.1 Å². The van der Waals surface area contributed by atoms with E-state index in [2.05, 4.69) is 31.9 Å². The maximum atomic E-state index is 6.18. The van der Waals surface area contributed by atoms with Gasteiger partial charge in [-0.15, -0.1) is 0 Å². The molecule has 0 saturated heterocycles. The minimum atomic E-state index is 0.313. The molecule has 0 N–H and O–H groups in total. The SMILES string of the molecule is Clc1cc2c(c(Cl)c1Br)Oc1cc(Cl)c(Br)c(Cl)c1O2. The van der Waals surface area contributed by atoms with Crippen LogP contribution >= 0.6 is 78.3 Å². The number of ether oxygens (including phenoxy) is 2. The molecule has 20 heavy (non-hydrogen) atoms. The Bertz CT molecular complexity index is 686. The van der Waals surface area contributed by atoms with Crippen LogP contribution in [-0.4, -0.2) is 0 Å². The van der Waals surface area contributed by atoms with E-state index >= 15 is 0 Å². The van der Waals surface area contributed by atoms with Gasteiger partial charge in [0.05, 0.1) is 19.0 Å². The maximum absolute atomic E-state index is 6.18. The van der Waals surface area contributed by atoms with Crippen molar-refractivity contribution in [1.82, 2.24) is 0 Å². The van der Waals surface area contributed by atoms with E-state index in [1.54, 1.807) is 12.1 Å². The Morgan fingerprint density at radius 2 is 1.05 bits per heavy atom. The second-order valence-electron chi connectivity index (χ2n) is 3.83. The lowest BCUT2D eigenvalue weighted by Gasteiger charge is -2.23. The molecule has 1 heterocycles. The Hall–Kier alpha value is 0.160. The van der Waals surface area contributed by atoms with Crippen LogP contribution in [0, 0.1) is 0 Å². The zero-order valence-electron chi connectivity index (χ0n) is 9.24. The summed E-state index contributed by atoms with van der Waals surface area (Å²) in [7, 11) is 0. The van der Waals surface area contributed by atoms with Gasteiger partial charge in [0.15, 0.2) is 23.0 Å². The molecule has 1 aliphatic heterocycles. The Kier molecular flexibility index (Phi) is 4.08. The number of hydrogen-bond acceptors (Lipinski definition) is 2. The van der Waals surface area contributed by atoms with Crippen LogP contribution in [0.1, 0.15) is 0 Å². The van der Waals surface area contributed by atoms with Crippen molar-refractivity contribution in [2.45, 2.75) is 0 Å². The molecule has 0 atom stereocenters. The summed E-state index contributed by atoms with van der Waals surface area (Å²) < 4.78 is 12.5. The minimum absolute atomic E-state index is 0.313. The summed E-state index contributed by atoms with van der Waals surface area (Å²) in [5.74, 6) is 1.47. The number of rotatable bonds is 0. The quantitative estimate of drug-likeness (QED) is 0.307. The first-order chi connectivity index (χ1) is 9.40. The van der Waals surface area contributed by atoms with Gasteiger partial charge in [-0.2, -0.15) is 0 Å². The van der Waals surface area contributed by atoms with Crippen molar-refractivity contribution in [3.8, 4) is 23.0 Å². The molecule has 0 amide bonds. The van der Waals surface area contributed by atoms with Gasteiger partial charge in [-0.3, -0.25) is 0 Å². The molecule has 0 bridgehead atoms. The Balaban J connectivity index is 2.22. The van der Waals surface area contributed by atoms with Crippen LogP contribution in [0.25, 0.3) is 0 Å². The molecule has 2 aromatic rings. The first-order valence-electron chi connectivity index (χ1n) is 5.11. The van der Waals surface area contributed by atoms with Crippen LogP contribution in [0.2, 0.25) is 20.1 Å². The molecule has 0 unspecified atom stereocenters. The largest absolute Gasteiger partial charge is 0.448 e. The van der Waals surface area contributed by atoms with Gasteiger partial charge in [0.1, 0.15) is 10.0 Å². The summed E-state index contributed by atoms with van der Waals surface area (Å²) in [6.45, 7) is 0. The first-order valence-corrected chi connectivity index (χ1v) is 8.20. The molecular weight excluding hydrogens is 478 g/mol. The third-order valence-corrected chi connectivity index (χ3v) is 6.47. The smallest absolute Gasteiger partial charge is 0.189 e. The van der Waals surface area contributed by atoms with E-state index in [9.17, 15) is 0 Å². The van der Waals surface area contributed by atoms with Crippen LogP contribution < -0.4 is 9.47 Å². The van der Waals surface area contributed by atoms with E-state index in [4.69, 9.17) is 55.9 Å². The van der Waals surface area contributed by atoms with Crippen molar-refractivity contribution >= 4 is 78.3 Å². The molecule has 2 nitrogen and oxygen atoms in total. The summed E-state index contributed by atoms with van der Waals surface area (Å²) in [6.07, 6.45) is 0. The molecule has 2 aromatic carbocycles. The van der Waals surface area contributed by atoms with Gasteiger partial charge in [0.25, 0.3) is 0 Å². The standard InChI is InChI=1S/C12H2Br2Cl4O2/c13-7-3(15)1-5-11(9(7)17)20-6-2-4(16)8(14)10(18)12(6)19-5/h1-2H. The lowest BCUT2D eigenvalue weighted by atomic mass is 10.2. The zero-order valence-corrected chi connectivity index (χ0v) is 15.4. The van der Waals surface area contributed by atoms with Gasteiger partial charge in [0.2, 0.25) is 0 Å². The molecule has 104 valence electrons. The average molecular weight is 480 g/mol. The fourth-order valence-corrected chi connectivity index (χ4v) is 3.22. The molecular formula is C12H2Br2Cl4O2. The van der Waals surface area contributed by atoms with E-state index in [0.717, 1.165) is 0 Å². The monoisotopic (exact) mass is 476 g/mol. The highest BCUT2D eigenvalue weighted by Gasteiger charge is 2.28. The van der Waals surface area contributed by atoms with Gasteiger partial charge >= 0.3 is 0 Å². The summed E-state index contributed by atoms with van der Waals surface area (Å²) in [5, 5.41) is 1.44. The van der Waals surface area contributed by atoms with Gasteiger partial charge in [-0.1, -0.05) is 46.4 Å². The molecule has 0 aliphatic carbocycles. The molecule has 1 aliphatic rings. The van der Waals surface area contributed by atoms with E-state index in [1.807, 2.05) is 0 Å². The highest BCUT2D eigenvalue weighted by atomic mass is 79.9. The second kappa shape index (κ2) is 5.41. The van der Waals surface area contributed by atoms with Gasteiger partial charge in [-0.25, -0.2) is 0 Å². The van der Waals surface area contributed by atoms with Crippen LogP contribution in [0.4, 0.5) is 0 Å². The van der Waals surface area contributed by atoms with E-state index in [-0.39, 0.29) is 0 Å². The molecule has 8 heteroatoms. The van der Waals surface area contributed by atoms with Crippen LogP contribution in [0.15, 0.2) is 21.1 Å². The molecule has 0 saturated carbocycles. The van der Waals surface area contributed by atoms with Crippen LogP contribution in [-0.2, 0) is 0 Å². The fourth-order valence-electron chi connectivity index (χ4n) is 1.68. The van der Waals surface area contributed by atoms with E-state index < -0.39 is 0 Å². The number of halogens is 6. The summed E-state index contributed by atoms with van der Waals surface area (Å²) in [6, 6.07) is 3.18. The third kappa shape index (κ3) is 2.31. The van der Waals surface area contributed by atoms with E-state index in [1.165, 1.54) is 0 Å². The average Bonchev–Trinajstić information content (AvgIpc) is 2.42. The van der Waals surface area contributed by atoms with Crippen molar-refractivity contribution in [3.05, 3.63) is 41.2 Å². The maximum Gasteiger partial charge on any atom is 0.189 e. The predicted molar refractivity (Wildman–Crippen MR) is 88.5 cm³/mol. The Morgan fingerprint density at radius 3 is 1.40 bits per heavy atom. The van der Waals surface area contributed by atoms with Crippen molar-refractivity contribution in [1.29, 1.82) is 0 Å². The topological polar surface area (TPSA) is 18.5 Å². The predicted octanol–water partition coefficient (Wildman–Crippen LogP) is 7.72. The first kappa shape index (κ1) is 15.1. The second-order valence-corrected chi connectivity index (χ2v) is 6.99. The van der Waals surface area contributed by atoms with E-state index in [0.29, 0.717) is 52.0 Å². The third-order valence-electron chi connectivity index (χ3n) is 2.59. The number of benzene rings is 2. The fraction of sp³-hybridized carbons (Fsp3) is 0. The molecule has 0 spiro atoms. The highest BCUT2D eigenvalue weighted by Crippen LogP contribution is 2.56. The molecule has 0 aromatic heterocycles. The summed E-state index contributed by atoms with van der Waals surface area (Å²) >= 11 is 31.0. The summed E-state index contributed by atoms with van der Waals surface area (Å²) in [5.41, 5.74) is 0. The lowest BCUT2D eigenvalue weighted by molar-refractivity contribution is 0.359. The van der Waals surface area contributed by atoms with Crippen molar-refractivity contribution in [2.75, 3.05) is 0 Å². The normalized spacial score (nSPS) is 12.3. The van der Waals surface area contributed by atoms with Crippen molar-refractivity contribution < 1.29 is 9.47 Å². The molecule has 0 fully saturated rings. The lowest BCUT2D eigenvalue weighted by Crippen LogP contribution is -2.01. The zero-order chi connectivity index (χ0) is 14.6. The van der Waals surface area contributed by atoms with Crippen molar-refractivity contribution in [3.63, 3.8) is 0 Å². The summed E-state index contributed by atoms with van der Waals surface area (Å²) in [4.78, 5) is 0. The van der Waals surface area contributed by atoms with Crippen LogP contribution in [0.3, 0.4) is 0 Å². The molecule has 0 radical (unpaired) electrons. The van der Waals surface area contributed by atoms with Gasteiger partial charge < -0.3 is 9.47 Å². The Labute approximate surface area is 151 Å².